The van der Waals surface area contributed by atoms with Gasteiger partial charge in [0, 0.05) is 0 Å². The van der Waals surface area contributed by atoms with E-state index in [1.165, 1.54) is 0 Å². The van der Waals surface area contributed by atoms with E-state index < -0.39 is 11.9 Å². The van der Waals surface area contributed by atoms with Crippen LogP contribution in [0.3, 0.4) is 0 Å². The van der Waals surface area contributed by atoms with Crippen LogP contribution in [-0.2, 0) is 9.59 Å². The third-order valence-corrected chi connectivity index (χ3v) is 0.812. The van der Waals surface area contributed by atoms with Crippen molar-refractivity contribution in [3.05, 3.63) is 13.2 Å². The molecule has 4 nitrogen and oxygen atoms in total. The molecule has 0 atom stereocenters. The molecule has 12 heavy (non-hydrogen) atoms. The lowest BCUT2D eigenvalue weighted by molar-refractivity contribution is -0.134. The predicted molar refractivity (Wildman–Crippen MR) is 54.2 cm³/mol. The molecule has 0 radical (unpaired) electrons. The van der Waals surface area contributed by atoms with Gasteiger partial charge in [-0.05, 0) is 0 Å². The molecule has 0 rings (SSSR count). The Morgan fingerprint density at radius 1 is 1.00 bits per heavy atom. The summed E-state index contributed by atoms with van der Waals surface area (Å²) in [5, 5.41) is 15.3. The SMILES string of the molecule is C=C.O=C(O)CS.O=C(O)CS. The highest BCUT2D eigenvalue weighted by Gasteiger charge is 1.82. The number of carboxylic acid groups (broad SMARTS) is 2. The minimum absolute atomic E-state index is 0.0833. The molecule has 0 unspecified atom stereocenters. The number of aliphatic carboxylic acids is 2. The van der Waals surface area contributed by atoms with Crippen molar-refractivity contribution in [3.63, 3.8) is 0 Å². The molecule has 0 saturated carbocycles. The van der Waals surface area contributed by atoms with Crippen molar-refractivity contribution in [2.45, 2.75) is 0 Å². The van der Waals surface area contributed by atoms with Gasteiger partial charge in [-0.3, -0.25) is 9.59 Å². The van der Waals surface area contributed by atoms with E-state index in [-0.39, 0.29) is 11.5 Å². The van der Waals surface area contributed by atoms with Gasteiger partial charge < -0.3 is 10.2 Å². The third kappa shape index (κ3) is 57.7. The topological polar surface area (TPSA) is 74.6 Å². The van der Waals surface area contributed by atoms with Crippen molar-refractivity contribution in [1.29, 1.82) is 0 Å². The smallest absolute Gasteiger partial charge is 0.313 e. The molecule has 0 aliphatic carbocycles. The van der Waals surface area contributed by atoms with Crippen molar-refractivity contribution in [2.24, 2.45) is 0 Å². The molecule has 0 heterocycles. The highest BCUT2D eigenvalue weighted by Crippen LogP contribution is 1.66. The van der Waals surface area contributed by atoms with E-state index in [2.05, 4.69) is 38.4 Å². The quantitative estimate of drug-likeness (QED) is 0.403. The molecule has 0 aromatic carbocycles. The largest absolute Gasteiger partial charge is 0.481 e. The number of thiol groups is 2. The summed E-state index contributed by atoms with van der Waals surface area (Å²) in [4.78, 5) is 18.6. The molecule has 72 valence electrons. The number of hydrogen-bond acceptors (Lipinski definition) is 4. The minimum Gasteiger partial charge on any atom is -0.481 e. The fourth-order valence-corrected chi connectivity index (χ4v) is 0. The van der Waals surface area contributed by atoms with Crippen LogP contribution in [0.15, 0.2) is 13.2 Å². The Hall–Kier alpha value is -0.620. The monoisotopic (exact) mass is 212 g/mol. The first-order chi connectivity index (χ1) is 5.54. The summed E-state index contributed by atoms with van der Waals surface area (Å²) in [5.41, 5.74) is 0. The van der Waals surface area contributed by atoms with E-state index in [0.717, 1.165) is 0 Å². The maximum atomic E-state index is 9.29. The first-order valence-corrected chi connectivity index (χ1v) is 3.96. The molecule has 0 amide bonds. The van der Waals surface area contributed by atoms with Gasteiger partial charge in [-0.25, -0.2) is 0 Å². The second-order valence-electron chi connectivity index (χ2n) is 1.10. The highest BCUT2D eigenvalue weighted by atomic mass is 32.1. The van der Waals surface area contributed by atoms with Gasteiger partial charge in [-0.1, -0.05) is 0 Å². The standard InChI is InChI=1S/2C2H4O2S.C2H4/c2*3-2(4)1-5;1-2/h2*5H,1H2,(H,3,4);1-2H2. The fourth-order valence-electron chi connectivity index (χ4n) is 0. The van der Waals surface area contributed by atoms with Gasteiger partial charge in [0.25, 0.3) is 0 Å². The molecule has 6 heteroatoms. The van der Waals surface area contributed by atoms with E-state index in [1.807, 2.05) is 0 Å². The molecule has 0 fully saturated rings. The number of carbonyl (C=O) groups is 2. The fraction of sp³-hybridized carbons (Fsp3) is 0.333. The molecule has 0 spiro atoms. The Bertz CT molecular complexity index is 113. The average Bonchev–Trinajstić information content (AvgIpc) is 2.09. The van der Waals surface area contributed by atoms with Gasteiger partial charge in [0.05, 0.1) is 11.5 Å². The molecular weight excluding hydrogens is 200 g/mol. The van der Waals surface area contributed by atoms with E-state index in [0.29, 0.717) is 0 Å². The van der Waals surface area contributed by atoms with Gasteiger partial charge in [0.2, 0.25) is 0 Å². The molecule has 0 aromatic heterocycles. The van der Waals surface area contributed by atoms with Crippen molar-refractivity contribution in [3.8, 4) is 0 Å². The molecule has 0 aromatic rings. The maximum absolute atomic E-state index is 9.29. The minimum atomic E-state index is -0.881. The van der Waals surface area contributed by atoms with E-state index >= 15 is 0 Å². The summed E-state index contributed by atoms with van der Waals surface area (Å²) in [5.74, 6) is -1.93. The zero-order chi connectivity index (χ0) is 10.6. The second kappa shape index (κ2) is 16.8. The number of rotatable bonds is 2. The van der Waals surface area contributed by atoms with Crippen LogP contribution >= 0.6 is 25.3 Å². The summed E-state index contributed by atoms with van der Waals surface area (Å²) >= 11 is 6.83. The summed E-state index contributed by atoms with van der Waals surface area (Å²) in [6.45, 7) is 6.00. The maximum Gasteiger partial charge on any atom is 0.313 e. The Balaban J connectivity index is -0.000000112. The number of hydrogen-bond donors (Lipinski definition) is 4. The molecule has 0 bridgehead atoms. The number of carboxylic acids is 2. The Labute approximate surface area is 82.1 Å². The van der Waals surface area contributed by atoms with Crippen LogP contribution in [0.4, 0.5) is 0 Å². The second-order valence-corrected chi connectivity index (χ2v) is 1.74. The van der Waals surface area contributed by atoms with Crippen molar-refractivity contribution < 1.29 is 19.8 Å². The summed E-state index contributed by atoms with van der Waals surface area (Å²) in [6.07, 6.45) is 0. The van der Waals surface area contributed by atoms with Gasteiger partial charge in [-0.15, -0.1) is 13.2 Å². The molecule has 0 saturated heterocycles. The summed E-state index contributed by atoms with van der Waals surface area (Å²) in [6, 6.07) is 0. The van der Waals surface area contributed by atoms with Gasteiger partial charge >= 0.3 is 11.9 Å². The first kappa shape index (κ1) is 17.5. The zero-order valence-electron chi connectivity index (χ0n) is 6.43. The molecule has 2 N–H and O–H groups in total. The Morgan fingerprint density at radius 3 is 1.08 bits per heavy atom. The normalized spacial score (nSPS) is 6.50. The van der Waals surface area contributed by atoms with Crippen LogP contribution < -0.4 is 0 Å². The van der Waals surface area contributed by atoms with E-state index in [4.69, 9.17) is 10.2 Å². The molecule has 0 aliphatic heterocycles. The third-order valence-electron chi connectivity index (χ3n) is 0.271. The van der Waals surface area contributed by atoms with Crippen molar-refractivity contribution >= 4 is 37.2 Å². The van der Waals surface area contributed by atoms with Crippen LogP contribution in [0.1, 0.15) is 0 Å². The van der Waals surface area contributed by atoms with Crippen LogP contribution in [-0.4, -0.2) is 33.7 Å². The molecular formula is C6H12O4S2. The lowest BCUT2D eigenvalue weighted by Crippen LogP contribution is -1.92. The lowest BCUT2D eigenvalue weighted by atomic mass is 10.8. The van der Waals surface area contributed by atoms with Gasteiger partial charge in [-0.2, -0.15) is 25.3 Å². The molecule has 0 aliphatic rings. The van der Waals surface area contributed by atoms with Crippen LogP contribution in [0.5, 0.6) is 0 Å². The van der Waals surface area contributed by atoms with Crippen LogP contribution in [0, 0.1) is 0 Å². The average molecular weight is 212 g/mol. The predicted octanol–water partition coefficient (Wildman–Crippen LogP) is 0.804. The van der Waals surface area contributed by atoms with E-state index in [9.17, 15) is 9.59 Å². The Morgan fingerprint density at radius 2 is 1.08 bits per heavy atom. The highest BCUT2D eigenvalue weighted by molar-refractivity contribution is 7.81. The summed E-state index contributed by atoms with van der Waals surface area (Å²) < 4.78 is 0. The van der Waals surface area contributed by atoms with Crippen molar-refractivity contribution in [2.75, 3.05) is 11.5 Å². The van der Waals surface area contributed by atoms with E-state index in [1.54, 1.807) is 0 Å². The zero-order valence-corrected chi connectivity index (χ0v) is 8.22. The summed E-state index contributed by atoms with van der Waals surface area (Å²) in [7, 11) is 0. The van der Waals surface area contributed by atoms with Gasteiger partial charge in [0.1, 0.15) is 0 Å². The van der Waals surface area contributed by atoms with Gasteiger partial charge in [0.15, 0.2) is 0 Å². The van der Waals surface area contributed by atoms with Crippen LogP contribution in [0.25, 0.3) is 0 Å². The van der Waals surface area contributed by atoms with Crippen LogP contribution in [0.2, 0.25) is 0 Å². The van der Waals surface area contributed by atoms with Crippen molar-refractivity contribution in [1.82, 2.24) is 0 Å². The lowest BCUT2D eigenvalue weighted by Gasteiger charge is -1.71. The Kier molecular flexibility index (Phi) is 24.4. The first-order valence-electron chi connectivity index (χ1n) is 2.70.